The van der Waals surface area contributed by atoms with Gasteiger partial charge >= 0.3 is 0 Å². The van der Waals surface area contributed by atoms with E-state index in [-0.39, 0.29) is 5.43 Å². The van der Waals surface area contributed by atoms with Crippen molar-refractivity contribution in [3.8, 4) is 17.0 Å². The normalized spacial score (nSPS) is 10.8. The zero-order valence-electron chi connectivity index (χ0n) is 10.7. The van der Waals surface area contributed by atoms with E-state index in [0.717, 1.165) is 22.5 Å². The van der Waals surface area contributed by atoms with Crippen molar-refractivity contribution >= 4 is 10.9 Å². The van der Waals surface area contributed by atoms with Gasteiger partial charge in [0.2, 0.25) is 0 Å². The number of hydrogen-bond acceptors (Lipinski definition) is 3. The number of nitrogens with zero attached hydrogens (tertiary/aromatic N) is 1. The zero-order valence-corrected chi connectivity index (χ0v) is 10.7. The molecule has 1 aromatic carbocycles. The van der Waals surface area contributed by atoms with E-state index in [9.17, 15) is 4.79 Å². The van der Waals surface area contributed by atoms with Crippen molar-refractivity contribution in [2.45, 2.75) is 6.92 Å². The molecule has 96 valence electrons. The molecule has 2 heterocycles. The second kappa shape index (κ2) is 4.28. The van der Waals surface area contributed by atoms with Gasteiger partial charge in [-0.3, -0.25) is 9.89 Å². The standard InChI is InChI=1S/C14H13N3O2/c1-8-11(7-15-17-8)13-6-14(18)10-4-3-9(19-2)5-12(10)16-13/h3-7H,1-2H3,(H,15,17)(H,16,18). The van der Waals surface area contributed by atoms with E-state index in [1.807, 2.05) is 13.0 Å². The molecule has 0 bridgehead atoms. The van der Waals surface area contributed by atoms with E-state index in [1.165, 1.54) is 0 Å². The molecular formula is C14H13N3O2. The second-order valence-corrected chi connectivity index (χ2v) is 4.37. The van der Waals surface area contributed by atoms with Crippen LogP contribution in [0, 0.1) is 6.92 Å². The monoisotopic (exact) mass is 255 g/mol. The maximum Gasteiger partial charge on any atom is 0.190 e. The summed E-state index contributed by atoms with van der Waals surface area (Å²) >= 11 is 0. The van der Waals surface area contributed by atoms with Crippen molar-refractivity contribution in [1.29, 1.82) is 0 Å². The highest BCUT2D eigenvalue weighted by molar-refractivity contribution is 5.82. The number of H-pyrrole nitrogens is 2. The topological polar surface area (TPSA) is 70.8 Å². The van der Waals surface area contributed by atoms with Crippen molar-refractivity contribution in [2.75, 3.05) is 7.11 Å². The first kappa shape index (κ1) is 11.5. The van der Waals surface area contributed by atoms with E-state index in [1.54, 1.807) is 31.5 Å². The molecule has 2 N–H and O–H groups in total. The van der Waals surface area contributed by atoms with Crippen molar-refractivity contribution < 1.29 is 4.74 Å². The highest BCUT2D eigenvalue weighted by Gasteiger charge is 2.08. The van der Waals surface area contributed by atoms with Crippen LogP contribution in [-0.2, 0) is 0 Å². The lowest BCUT2D eigenvalue weighted by atomic mass is 10.1. The van der Waals surface area contributed by atoms with Gasteiger partial charge in [-0.15, -0.1) is 0 Å². The molecule has 0 radical (unpaired) electrons. The van der Waals surface area contributed by atoms with Gasteiger partial charge in [0.1, 0.15) is 5.75 Å². The number of fused-ring (bicyclic) bond motifs is 1. The maximum absolute atomic E-state index is 12.1. The first-order valence-electron chi connectivity index (χ1n) is 5.90. The van der Waals surface area contributed by atoms with Crippen LogP contribution in [0.4, 0.5) is 0 Å². The molecule has 0 aliphatic rings. The molecule has 0 amide bonds. The molecule has 0 aliphatic carbocycles. The molecule has 0 fully saturated rings. The summed E-state index contributed by atoms with van der Waals surface area (Å²) < 4.78 is 5.18. The van der Waals surface area contributed by atoms with Crippen molar-refractivity contribution in [2.24, 2.45) is 0 Å². The number of methoxy groups -OCH3 is 1. The van der Waals surface area contributed by atoms with Crippen molar-refractivity contribution in [3.05, 3.63) is 46.4 Å². The molecular weight excluding hydrogens is 242 g/mol. The number of rotatable bonds is 2. The molecule has 5 nitrogen and oxygen atoms in total. The number of ether oxygens (including phenoxy) is 1. The van der Waals surface area contributed by atoms with Crippen LogP contribution in [0.2, 0.25) is 0 Å². The Hall–Kier alpha value is -2.56. The summed E-state index contributed by atoms with van der Waals surface area (Å²) in [6.45, 7) is 1.91. The summed E-state index contributed by atoms with van der Waals surface area (Å²) in [7, 11) is 1.60. The molecule has 0 saturated heterocycles. The fourth-order valence-electron chi connectivity index (χ4n) is 2.13. The van der Waals surface area contributed by atoms with E-state index in [2.05, 4.69) is 15.2 Å². The largest absolute Gasteiger partial charge is 0.497 e. The smallest absolute Gasteiger partial charge is 0.190 e. The van der Waals surface area contributed by atoms with Crippen LogP contribution < -0.4 is 10.2 Å². The molecule has 0 saturated carbocycles. The first-order chi connectivity index (χ1) is 9.19. The summed E-state index contributed by atoms with van der Waals surface area (Å²) in [6.07, 6.45) is 1.70. The van der Waals surface area contributed by atoms with Crippen LogP contribution in [0.15, 0.2) is 35.3 Å². The molecule has 2 aromatic heterocycles. The molecule has 19 heavy (non-hydrogen) atoms. The molecule has 0 spiro atoms. The summed E-state index contributed by atoms with van der Waals surface area (Å²) in [5.41, 5.74) is 3.28. The predicted molar refractivity (Wildman–Crippen MR) is 73.4 cm³/mol. The molecule has 3 rings (SSSR count). The van der Waals surface area contributed by atoms with Gasteiger partial charge < -0.3 is 9.72 Å². The number of aromatic nitrogens is 3. The summed E-state index contributed by atoms with van der Waals surface area (Å²) in [5.74, 6) is 0.712. The number of hydrogen-bond donors (Lipinski definition) is 2. The Morgan fingerprint density at radius 1 is 1.26 bits per heavy atom. The Morgan fingerprint density at radius 3 is 2.79 bits per heavy atom. The minimum atomic E-state index is -0.0213. The minimum absolute atomic E-state index is 0.0213. The minimum Gasteiger partial charge on any atom is -0.497 e. The van der Waals surface area contributed by atoms with Crippen molar-refractivity contribution in [1.82, 2.24) is 15.2 Å². The summed E-state index contributed by atoms with van der Waals surface area (Å²) in [4.78, 5) is 15.4. The van der Waals surface area contributed by atoms with Gasteiger partial charge in [-0.25, -0.2) is 0 Å². The van der Waals surface area contributed by atoms with Gasteiger partial charge in [0, 0.05) is 28.8 Å². The van der Waals surface area contributed by atoms with Crippen molar-refractivity contribution in [3.63, 3.8) is 0 Å². The zero-order chi connectivity index (χ0) is 13.4. The molecule has 0 unspecified atom stereocenters. The fourth-order valence-corrected chi connectivity index (χ4v) is 2.13. The lowest BCUT2D eigenvalue weighted by molar-refractivity contribution is 0.415. The lowest BCUT2D eigenvalue weighted by Gasteiger charge is -2.05. The van der Waals surface area contributed by atoms with Gasteiger partial charge in [-0.05, 0) is 19.1 Å². The Bertz CT molecular complexity index is 802. The lowest BCUT2D eigenvalue weighted by Crippen LogP contribution is -2.03. The van der Waals surface area contributed by atoms with Crippen LogP contribution >= 0.6 is 0 Å². The molecule has 0 atom stereocenters. The highest BCUT2D eigenvalue weighted by atomic mass is 16.5. The number of nitrogens with one attached hydrogen (secondary N) is 2. The van der Waals surface area contributed by atoms with Gasteiger partial charge in [-0.2, -0.15) is 5.10 Å². The third-order valence-electron chi connectivity index (χ3n) is 3.16. The summed E-state index contributed by atoms with van der Waals surface area (Å²) in [6, 6.07) is 6.95. The molecule has 3 aromatic rings. The average Bonchev–Trinajstić information content (AvgIpc) is 2.84. The Morgan fingerprint density at radius 2 is 2.11 bits per heavy atom. The fraction of sp³-hybridized carbons (Fsp3) is 0.143. The Labute approximate surface area is 109 Å². The Balaban J connectivity index is 2.29. The number of pyridine rings is 1. The predicted octanol–water partition coefficient (Wildman–Crippen LogP) is 2.24. The van der Waals surface area contributed by atoms with Gasteiger partial charge in [0.25, 0.3) is 0 Å². The molecule has 0 aliphatic heterocycles. The van der Waals surface area contributed by atoms with E-state index in [0.29, 0.717) is 11.1 Å². The first-order valence-corrected chi connectivity index (χ1v) is 5.90. The number of aromatic amines is 2. The van der Waals surface area contributed by atoms with E-state index in [4.69, 9.17) is 4.74 Å². The summed E-state index contributed by atoms with van der Waals surface area (Å²) in [5, 5.41) is 7.47. The SMILES string of the molecule is COc1ccc2c(=O)cc(-c3cn[nH]c3C)[nH]c2c1. The number of aryl methyl sites for hydroxylation is 1. The Kier molecular flexibility index (Phi) is 2.59. The van der Waals surface area contributed by atoms with Crippen LogP contribution in [0.5, 0.6) is 5.75 Å². The van der Waals surface area contributed by atoms with Crippen LogP contribution in [-0.4, -0.2) is 22.3 Å². The maximum atomic E-state index is 12.1. The quantitative estimate of drug-likeness (QED) is 0.737. The van der Waals surface area contributed by atoms with Crippen LogP contribution in [0.1, 0.15) is 5.69 Å². The highest BCUT2D eigenvalue weighted by Crippen LogP contribution is 2.22. The third-order valence-corrected chi connectivity index (χ3v) is 3.16. The third kappa shape index (κ3) is 1.89. The van der Waals surface area contributed by atoms with E-state index >= 15 is 0 Å². The van der Waals surface area contributed by atoms with Crippen LogP contribution in [0.25, 0.3) is 22.2 Å². The van der Waals surface area contributed by atoms with Gasteiger partial charge in [0.15, 0.2) is 5.43 Å². The second-order valence-electron chi connectivity index (χ2n) is 4.37. The van der Waals surface area contributed by atoms with Gasteiger partial charge in [0.05, 0.1) is 24.5 Å². The van der Waals surface area contributed by atoms with Crippen LogP contribution in [0.3, 0.4) is 0 Å². The van der Waals surface area contributed by atoms with E-state index < -0.39 is 0 Å². The average molecular weight is 255 g/mol. The molecule has 5 heteroatoms. The van der Waals surface area contributed by atoms with Gasteiger partial charge in [-0.1, -0.05) is 0 Å². The number of benzene rings is 1.